The van der Waals surface area contributed by atoms with Crippen LogP contribution in [-0.2, 0) is 22.2 Å². The van der Waals surface area contributed by atoms with Gasteiger partial charge in [-0.25, -0.2) is 0 Å². The summed E-state index contributed by atoms with van der Waals surface area (Å²) in [5, 5.41) is 2.24. The summed E-state index contributed by atoms with van der Waals surface area (Å²) < 4.78 is 44.0. The number of likely N-dealkylation sites (N-methyl/N-ethyl adjacent to an activating group) is 1. The number of nitrogens with one attached hydrogen (secondary N) is 1. The Labute approximate surface area is 148 Å². The zero-order valence-electron chi connectivity index (χ0n) is 14.2. The van der Waals surface area contributed by atoms with Gasteiger partial charge in [-0.2, -0.15) is 13.2 Å². The first-order valence-corrected chi connectivity index (χ1v) is 8.07. The average Bonchev–Trinajstić information content (AvgIpc) is 3.10. The van der Waals surface area contributed by atoms with Gasteiger partial charge in [0.1, 0.15) is 5.76 Å². The summed E-state index contributed by atoms with van der Waals surface area (Å²) in [7, 11) is 0. The first-order chi connectivity index (χ1) is 12.3. The predicted molar refractivity (Wildman–Crippen MR) is 89.4 cm³/mol. The molecular formula is C18H19F3N2O3. The van der Waals surface area contributed by atoms with E-state index < -0.39 is 17.6 Å². The highest BCUT2D eigenvalue weighted by Gasteiger charge is 2.33. The van der Waals surface area contributed by atoms with E-state index in [9.17, 15) is 22.8 Å². The van der Waals surface area contributed by atoms with Crippen molar-refractivity contribution >= 4 is 17.5 Å². The Kier molecular flexibility index (Phi) is 6.43. The van der Waals surface area contributed by atoms with Gasteiger partial charge in [-0.15, -0.1) is 0 Å². The standard InChI is InChI=1S/C18H19F3N2O3/c1-2-23(17(25)10-9-13-6-5-11-26-13)12-16(24)22-15-8-4-3-7-14(15)18(19,20)21/h3-8,11H,2,9-10,12H2,1H3,(H,22,24). The van der Waals surface area contributed by atoms with Crippen molar-refractivity contribution in [1.29, 1.82) is 0 Å². The van der Waals surface area contributed by atoms with Crippen molar-refractivity contribution < 1.29 is 27.2 Å². The lowest BCUT2D eigenvalue weighted by Crippen LogP contribution is -2.38. The number of anilines is 1. The number of nitrogens with zero attached hydrogens (tertiary/aromatic N) is 1. The SMILES string of the molecule is CCN(CC(=O)Nc1ccccc1C(F)(F)F)C(=O)CCc1ccco1. The van der Waals surface area contributed by atoms with Crippen molar-refractivity contribution in [1.82, 2.24) is 4.90 Å². The van der Waals surface area contributed by atoms with E-state index >= 15 is 0 Å². The van der Waals surface area contributed by atoms with E-state index in [0.717, 1.165) is 6.07 Å². The van der Waals surface area contributed by atoms with Crippen LogP contribution in [0.15, 0.2) is 47.1 Å². The third-order valence-corrected chi connectivity index (χ3v) is 3.74. The smallest absolute Gasteiger partial charge is 0.418 e. The molecule has 5 nitrogen and oxygen atoms in total. The number of rotatable bonds is 7. The van der Waals surface area contributed by atoms with Crippen molar-refractivity contribution in [3.63, 3.8) is 0 Å². The van der Waals surface area contributed by atoms with Gasteiger partial charge in [0.05, 0.1) is 24.1 Å². The monoisotopic (exact) mass is 368 g/mol. The van der Waals surface area contributed by atoms with E-state index in [1.54, 1.807) is 19.1 Å². The fraction of sp³-hybridized carbons (Fsp3) is 0.333. The molecule has 0 fully saturated rings. The molecule has 0 unspecified atom stereocenters. The molecule has 0 saturated heterocycles. The first-order valence-electron chi connectivity index (χ1n) is 8.07. The zero-order valence-corrected chi connectivity index (χ0v) is 14.2. The van der Waals surface area contributed by atoms with Crippen molar-refractivity contribution in [2.45, 2.75) is 25.9 Å². The molecule has 2 amide bonds. The lowest BCUT2D eigenvalue weighted by Gasteiger charge is -2.21. The van der Waals surface area contributed by atoms with Gasteiger partial charge in [0.2, 0.25) is 11.8 Å². The Hall–Kier alpha value is -2.77. The minimum Gasteiger partial charge on any atom is -0.469 e. The van der Waals surface area contributed by atoms with Crippen molar-refractivity contribution in [2.75, 3.05) is 18.4 Å². The molecule has 0 radical (unpaired) electrons. The van der Waals surface area contributed by atoms with Gasteiger partial charge in [0.15, 0.2) is 0 Å². The summed E-state index contributed by atoms with van der Waals surface area (Å²) in [6.07, 6.45) is -2.54. The number of amides is 2. The summed E-state index contributed by atoms with van der Waals surface area (Å²) in [5.41, 5.74) is -1.26. The Balaban J connectivity index is 1.96. The van der Waals surface area contributed by atoms with E-state index in [0.29, 0.717) is 12.2 Å². The highest BCUT2D eigenvalue weighted by Crippen LogP contribution is 2.34. The summed E-state index contributed by atoms with van der Waals surface area (Å²) in [6.45, 7) is 1.65. The van der Waals surface area contributed by atoms with Crippen LogP contribution in [0, 0.1) is 0 Å². The minimum absolute atomic E-state index is 0.147. The lowest BCUT2D eigenvalue weighted by molar-refractivity contribution is -0.137. The Morgan fingerprint density at radius 1 is 1.15 bits per heavy atom. The van der Waals surface area contributed by atoms with Crippen LogP contribution in [0.5, 0.6) is 0 Å². The van der Waals surface area contributed by atoms with Crippen LogP contribution in [-0.4, -0.2) is 29.8 Å². The number of furan rings is 1. The van der Waals surface area contributed by atoms with Gasteiger partial charge in [-0.1, -0.05) is 12.1 Å². The molecule has 1 heterocycles. The van der Waals surface area contributed by atoms with E-state index in [1.165, 1.54) is 29.4 Å². The maximum Gasteiger partial charge on any atom is 0.418 e. The highest BCUT2D eigenvalue weighted by atomic mass is 19.4. The molecule has 1 N–H and O–H groups in total. The number of carbonyl (C=O) groups excluding carboxylic acids is 2. The summed E-state index contributed by atoms with van der Waals surface area (Å²) in [4.78, 5) is 25.6. The number of hydrogen-bond acceptors (Lipinski definition) is 3. The van der Waals surface area contributed by atoms with E-state index in [1.807, 2.05) is 0 Å². The second-order valence-electron chi connectivity index (χ2n) is 5.58. The van der Waals surface area contributed by atoms with E-state index in [-0.39, 0.29) is 31.1 Å². The summed E-state index contributed by atoms with van der Waals surface area (Å²) in [6, 6.07) is 8.16. The summed E-state index contributed by atoms with van der Waals surface area (Å²) >= 11 is 0. The van der Waals surface area contributed by atoms with Crippen LogP contribution < -0.4 is 5.32 Å². The third-order valence-electron chi connectivity index (χ3n) is 3.74. The number of hydrogen-bond donors (Lipinski definition) is 1. The fourth-order valence-corrected chi connectivity index (χ4v) is 2.42. The van der Waals surface area contributed by atoms with Crippen LogP contribution in [0.4, 0.5) is 18.9 Å². The zero-order chi connectivity index (χ0) is 19.2. The summed E-state index contributed by atoms with van der Waals surface area (Å²) in [5.74, 6) is -0.309. The minimum atomic E-state index is -4.58. The molecule has 0 saturated carbocycles. The molecule has 0 atom stereocenters. The van der Waals surface area contributed by atoms with Gasteiger partial charge in [-0.3, -0.25) is 9.59 Å². The number of benzene rings is 1. The Bertz CT molecular complexity index is 742. The number of para-hydroxylation sites is 1. The molecule has 8 heteroatoms. The second-order valence-corrected chi connectivity index (χ2v) is 5.58. The quantitative estimate of drug-likeness (QED) is 0.810. The molecule has 2 aromatic rings. The molecule has 0 aliphatic carbocycles. The average molecular weight is 368 g/mol. The van der Waals surface area contributed by atoms with Crippen LogP contribution in [0.1, 0.15) is 24.7 Å². The van der Waals surface area contributed by atoms with Crippen LogP contribution in [0.3, 0.4) is 0 Å². The Morgan fingerprint density at radius 2 is 1.88 bits per heavy atom. The molecule has 1 aromatic carbocycles. The first kappa shape index (κ1) is 19.6. The van der Waals surface area contributed by atoms with Gasteiger partial charge in [0.25, 0.3) is 0 Å². The molecule has 26 heavy (non-hydrogen) atoms. The van der Waals surface area contributed by atoms with Crippen LogP contribution >= 0.6 is 0 Å². The van der Waals surface area contributed by atoms with Gasteiger partial charge >= 0.3 is 6.18 Å². The topological polar surface area (TPSA) is 62.6 Å². The normalized spacial score (nSPS) is 11.2. The van der Waals surface area contributed by atoms with E-state index in [2.05, 4.69) is 5.32 Å². The van der Waals surface area contributed by atoms with Crippen LogP contribution in [0.25, 0.3) is 0 Å². The molecule has 2 rings (SSSR count). The molecule has 0 aliphatic rings. The highest BCUT2D eigenvalue weighted by molar-refractivity contribution is 5.95. The third kappa shape index (κ3) is 5.37. The maximum absolute atomic E-state index is 13.0. The molecule has 0 spiro atoms. The number of halogens is 3. The predicted octanol–water partition coefficient (Wildman–Crippen LogP) is 3.72. The molecule has 0 aliphatic heterocycles. The molecular weight excluding hydrogens is 349 g/mol. The van der Waals surface area contributed by atoms with Crippen molar-refractivity contribution in [2.24, 2.45) is 0 Å². The van der Waals surface area contributed by atoms with Crippen molar-refractivity contribution in [3.8, 4) is 0 Å². The maximum atomic E-state index is 13.0. The number of alkyl halides is 3. The van der Waals surface area contributed by atoms with Gasteiger partial charge in [-0.05, 0) is 31.2 Å². The molecule has 0 bridgehead atoms. The largest absolute Gasteiger partial charge is 0.469 e. The molecule has 140 valence electrons. The van der Waals surface area contributed by atoms with Gasteiger partial charge < -0.3 is 14.6 Å². The fourth-order valence-electron chi connectivity index (χ4n) is 2.42. The Morgan fingerprint density at radius 3 is 2.50 bits per heavy atom. The van der Waals surface area contributed by atoms with Crippen molar-refractivity contribution in [3.05, 3.63) is 54.0 Å². The lowest BCUT2D eigenvalue weighted by atomic mass is 10.1. The number of carbonyl (C=O) groups is 2. The number of aryl methyl sites for hydroxylation is 1. The molecule has 1 aromatic heterocycles. The van der Waals surface area contributed by atoms with E-state index in [4.69, 9.17) is 4.42 Å². The van der Waals surface area contributed by atoms with Crippen LogP contribution in [0.2, 0.25) is 0 Å². The van der Waals surface area contributed by atoms with Gasteiger partial charge in [0, 0.05) is 19.4 Å². The second kappa shape index (κ2) is 8.55.